The topological polar surface area (TPSA) is 18.5 Å². The number of hydrogen-bond donors (Lipinski definition) is 0. The fourth-order valence-electron chi connectivity index (χ4n) is 2.35. The summed E-state index contributed by atoms with van der Waals surface area (Å²) >= 11 is 0. The van der Waals surface area contributed by atoms with Crippen LogP contribution >= 0.6 is 0 Å². The highest BCUT2D eigenvalue weighted by Gasteiger charge is 2.51. The predicted molar refractivity (Wildman–Crippen MR) is 85.8 cm³/mol. The first-order chi connectivity index (χ1) is 9.83. The number of benzene rings is 1. The lowest BCUT2D eigenvalue weighted by Crippen LogP contribution is -2.41. The van der Waals surface area contributed by atoms with Crippen molar-refractivity contribution in [1.29, 1.82) is 0 Å². The van der Waals surface area contributed by atoms with Crippen LogP contribution in [0.3, 0.4) is 0 Å². The Morgan fingerprint density at radius 1 is 0.955 bits per heavy atom. The first kappa shape index (κ1) is 17.4. The zero-order chi connectivity index (χ0) is 16.9. The van der Waals surface area contributed by atoms with E-state index in [9.17, 15) is 8.78 Å². The molecule has 0 spiro atoms. The molecular formula is C17H25BF2O2. The van der Waals surface area contributed by atoms with E-state index in [1.807, 2.05) is 54.5 Å². The van der Waals surface area contributed by atoms with Crippen LogP contribution < -0.4 is 5.46 Å². The quantitative estimate of drug-likeness (QED) is 0.761. The minimum Gasteiger partial charge on any atom is -0.399 e. The Hall–Kier alpha value is -0.935. The Balaban J connectivity index is 2.46. The maximum Gasteiger partial charge on any atom is 0.494 e. The smallest absolute Gasteiger partial charge is 0.399 e. The Bertz CT molecular complexity index is 546. The summed E-state index contributed by atoms with van der Waals surface area (Å²) < 4.78 is 38.4. The third-order valence-electron chi connectivity index (χ3n) is 4.62. The average molecular weight is 310 g/mol. The maximum absolute atomic E-state index is 13.2. The van der Waals surface area contributed by atoms with E-state index < -0.39 is 24.7 Å². The van der Waals surface area contributed by atoms with Crippen LogP contribution in [0, 0.1) is 0 Å². The van der Waals surface area contributed by atoms with Gasteiger partial charge in [-0.2, -0.15) is 0 Å². The minimum absolute atomic E-state index is 0.0112. The largest absolute Gasteiger partial charge is 0.494 e. The molecule has 1 fully saturated rings. The SMILES string of the molecule is CC(C)(C)c1cc(B2OC(C)(C)C(C)(C)O2)cc(C(F)F)c1. The van der Waals surface area contributed by atoms with Gasteiger partial charge in [-0.3, -0.25) is 0 Å². The highest BCUT2D eigenvalue weighted by molar-refractivity contribution is 6.62. The van der Waals surface area contributed by atoms with Crippen LogP contribution in [0.4, 0.5) is 8.78 Å². The van der Waals surface area contributed by atoms with Crippen molar-refractivity contribution in [2.24, 2.45) is 0 Å². The van der Waals surface area contributed by atoms with Crippen molar-refractivity contribution in [2.75, 3.05) is 0 Å². The number of hydrogen-bond acceptors (Lipinski definition) is 2. The highest BCUT2D eigenvalue weighted by atomic mass is 19.3. The Labute approximate surface area is 132 Å². The molecule has 0 aromatic heterocycles. The minimum atomic E-state index is -2.51. The Morgan fingerprint density at radius 2 is 1.45 bits per heavy atom. The standard InChI is InChI=1S/C17H25BF2O2/c1-15(2,3)12-8-11(14(19)20)9-13(10-12)18-21-16(4,5)17(6,7)22-18/h8-10,14H,1-7H3. The molecule has 0 N–H and O–H groups in total. The van der Waals surface area contributed by atoms with Crippen molar-refractivity contribution in [3.63, 3.8) is 0 Å². The van der Waals surface area contributed by atoms with Crippen molar-refractivity contribution in [2.45, 2.75) is 71.5 Å². The van der Waals surface area contributed by atoms with Gasteiger partial charge >= 0.3 is 7.12 Å². The van der Waals surface area contributed by atoms with Gasteiger partial charge in [-0.25, -0.2) is 8.78 Å². The van der Waals surface area contributed by atoms with Gasteiger partial charge in [0.15, 0.2) is 0 Å². The van der Waals surface area contributed by atoms with Crippen molar-refractivity contribution >= 4 is 12.6 Å². The molecule has 22 heavy (non-hydrogen) atoms. The summed E-state index contributed by atoms with van der Waals surface area (Å²) in [4.78, 5) is 0. The van der Waals surface area contributed by atoms with E-state index in [-0.39, 0.29) is 11.0 Å². The Kier molecular flexibility index (Phi) is 4.20. The zero-order valence-electron chi connectivity index (χ0n) is 14.5. The van der Waals surface area contributed by atoms with E-state index in [4.69, 9.17) is 9.31 Å². The van der Waals surface area contributed by atoms with Crippen molar-refractivity contribution in [3.8, 4) is 0 Å². The second-order valence-electron chi connectivity index (χ2n) is 8.03. The molecule has 1 saturated heterocycles. The van der Waals surface area contributed by atoms with E-state index in [0.29, 0.717) is 5.46 Å². The second kappa shape index (κ2) is 5.31. The van der Waals surface area contributed by atoms with Gasteiger partial charge in [-0.1, -0.05) is 32.9 Å². The van der Waals surface area contributed by atoms with Crippen LogP contribution in [-0.2, 0) is 14.7 Å². The lowest BCUT2D eigenvalue weighted by atomic mass is 9.74. The van der Waals surface area contributed by atoms with E-state index in [1.54, 1.807) is 6.07 Å². The summed E-state index contributed by atoms with van der Waals surface area (Å²) in [5.41, 5.74) is 0.331. The lowest BCUT2D eigenvalue weighted by molar-refractivity contribution is 0.00578. The molecular weight excluding hydrogens is 285 g/mol. The first-order valence-electron chi connectivity index (χ1n) is 7.63. The molecule has 2 rings (SSSR count). The van der Waals surface area contributed by atoms with Crippen LogP contribution in [0.1, 0.15) is 66.0 Å². The van der Waals surface area contributed by atoms with E-state index >= 15 is 0 Å². The fourth-order valence-corrected chi connectivity index (χ4v) is 2.35. The molecule has 1 aromatic rings. The molecule has 1 heterocycles. The summed E-state index contributed by atoms with van der Waals surface area (Å²) in [7, 11) is -0.621. The second-order valence-corrected chi connectivity index (χ2v) is 8.03. The molecule has 2 nitrogen and oxygen atoms in total. The molecule has 122 valence electrons. The van der Waals surface area contributed by atoms with Gasteiger partial charge in [-0.15, -0.1) is 0 Å². The molecule has 1 aliphatic heterocycles. The molecule has 5 heteroatoms. The normalized spacial score (nSPS) is 20.7. The molecule has 1 aliphatic rings. The van der Waals surface area contributed by atoms with Gasteiger partial charge in [-0.05, 0) is 50.2 Å². The number of halogens is 2. The van der Waals surface area contributed by atoms with Crippen LogP contribution in [-0.4, -0.2) is 18.3 Å². The van der Waals surface area contributed by atoms with Crippen molar-refractivity contribution in [1.82, 2.24) is 0 Å². The molecule has 0 radical (unpaired) electrons. The van der Waals surface area contributed by atoms with Gasteiger partial charge in [0, 0.05) is 5.56 Å². The summed E-state index contributed by atoms with van der Waals surface area (Å²) in [6.07, 6.45) is -2.51. The molecule has 0 aliphatic carbocycles. The van der Waals surface area contributed by atoms with Crippen LogP contribution in [0.25, 0.3) is 0 Å². The summed E-state index contributed by atoms with van der Waals surface area (Å²) in [5.74, 6) is 0. The van der Waals surface area contributed by atoms with Crippen molar-refractivity contribution in [3.05, 3.63) is 29.3 Å². The first-order valence-corrected chi connectivity index (χ1v) is 7.63. The van der Waals surface area contributed by atoms with Crippen LogP contribution in [0.5, 0.6) is 0 Å². The summed E-state index contributed by atoms with van der Waals surface area (Å²) in [6, 6.07) is 4.97. The molecule has 0 amide bonds. The van der Waals surface area contributed by atoms with E-state index in [0.717, 1.165) is 5.56 Å². The monoisotopic (exact) mass is 310 g/mol. The molecule has 1 aromatic carbocycles. The lowest BCUT2D eigenvalue weighted by Gasteiger charge is -2.32. The van der Waals surface area contributed by atoms with Crippen LogP contribution in [0.2, 0.25) is 0 Å². The zero-order valence-corrected chi connectivity index (χ0v) is 14.5. The molecule has 0 atom stereocenters. The van der Waals surface area contributed by atoms with Gasteiger partial charge in [0.1, 0.15) is 0 Å². The summed E-state index contributed by atoms with van der Waals surface area (Å²) in [6.45, 7) is 13.8. The fraction of sp³-hybridized carbons (Fsp3) is 0.647. The van der Waals surface area contributed by atoms with E-state index in [2.05, 4.69) is 0 Å². The molecule has 0 bridgehead atoms. The number of alkyl halides is 2. The van der Waals surface area contributed by atoms with Gasteiger partial charge in [0.2, 0.25) is 0 Å². The molecule has 0 unspecified atom stereocenters. The molecule has 0 saturated carbocycles. The maximum atomic E-state index is 13.2. The van der Waals surface area contributed by atoms with Gasteiger partial charge in [0.25, 0.3) is 6.43 Å². The average Bonchev–Trinajstić information content (AvgIpc) is 2.57. The third kappa shape index (κ3) is 3.20. The van der Waals surface area contributed by atoms with Crippen LogP contribution in [0.15, 0.2) is 18.2 Å². The van der Waals surface area contributed by atoms with Gasteiger partial charge in [0.05, 0.1) is 11.2 Å². The third-order valence-corrected chi connectivity index (χ3v) is 4.62. The summed E-state index contributed by atoms with van der Waals surface area (Å²) in [5, 5.41) is 0. The predicted octanol–water partition coefficient (Wildman–Crippen LogP) is 4.22. The highest BCUT2D eigenvalue weighted by Crippen LogP contribution is 2.37. The van der Waals surface area contributed by atoms with E-state index in [1.165, 1.54) is 6.07 Å². The number of rotatable bonds is 2. The van der Waals surface area contributed by atoms with Gasteiger partial charge < -0.3 is 9.31 Å². The Morgan fingerprint density at radius 3 is 1.86 bits per heavy atom. The van der Waals surface area contributed by atoms with Crippen molar-refractivity contribution < 1.29 is 18.1 Å².